The second-order valence-electron chi connectivity index (χ2n) is 5.16. The largest absolute Gasteiger partial charge is 0.493 e. The normalized spacial score (nSPS) is 10.1. The molecule has 0 unspecified atom stereocenters. The molecule has 0 aromatic heterocycles. The van der Waals surface area contributed by atoms with Crippen molar-refractivity contribution in [1.82, 2.24) is 0 Å². The Morgan fingerprint density at radius 2 is 1.63 bits per heavy atom. The van der Waals surface area contributed by atoms with Gasteiger partial charge in [0.25, 0.3) is 5.91 Å². The van der Waals surface area contributed by atoms with Crippen LogP contribution >= 0.6 is 23.2 Å². The van der Waals surface area contributed by atoms with Crippen LogP contribution in [-0.4, -0.2) is 39.8 Å². The Hall–Kier alpha value is -2.64. The fourth-order valence-electron chi connectivity index (χ4n) is 2.18. The third-order valence-electron chi connectivity index (χ3n) is 3.46. The number of nitrogens with one attached hydrogen (secondary N) is 1. The Morgan fingerprint density at radius 1 is 0.963 bits per heavy atom. The van der Waals surface area contributed by atoms with Gasteiger partial charge in [0.05, 0.1) is 37.6 Å². The summed E-state index contributed by atoms with van der Waals surface area (Å²) < 4.78 is 20.5. The molecular formula is C18H17Cl2NO6. The van der Waals surface area contributed by atoms with E-state index in [-0.39, 0.29) is 23.6 Å². The molecule has 0 radical (unpaired) electrons. The average molecular weight is 414 g/mol. The van der Waals surface area contributed by atoms with Gasteiger partial charge in [-0.05, 0) is 12.1 Å². The topological polar surface area (TPSA) is 83.1 Å². The number of carbonyl (C=O) groups is 2. The van der Waals surface area contributed by atoms with Gasteiger partial charge in [0.15, 0.2) is 18.1 Å². The Balaban J connectivity index is 2.20. The van der Waals surface area contributed by atoms with Crippen LogP contribution in [-0.2, 0) is 9.53 Å². The SMILES string of the molecule is COC(=O)c1cc(OC)c(OC)cc1NC(=O)COc1cc(Cl)ccc1Cl. The Bertz CT molecular complexity index is 856. The maximum Gasteiger partial charge on any atom is 0.340 e. The molecule has 1 amide bonds. The maximum atomic E-state index is 12.3. The summed E-state index contributed by atoms with van der Waals surface area (Å²) in [5.74, 6) is -0.259. The molecule has 0 bridgehead atoms. The average Bonchev–Trinajstić information content (AvgIpc) is 2.67. The molecule has 2 rings (SSSR count). The minimum absolute atomic E-state index is 0.101. The molecule has 0 heterocycles. The van der Waals surface area contributed by atoms with Crippen molar-refractivity contribution in [2.45, 2.75) is 0 Å². The number of carbonyl (C=O) groups excluding carboxylic acids is 2. The number of anilines is 1. The second-order valence-corrected chi connectivity index (χ2v) is 6.00. The van der Waals surface area contributed by atoms with Crippen molar-refractivity contribution in [1.29, 1.82) is 0 Å². The summed E-state index contributed by atoms with van der Waals surface area (Å²) in [6.45, 7) is -0.352. The Morgan fingerprint density at radius 3 is 2.26 bits per heavy atom. The number of benzene rings is 2. The highest BCUT2D eigenvalue weighted by molar-refractivity contribution is 6.34. The highest BCUT2D eigenvalue weighted by Gasteiger charge is 2.19. The predicted octanol–water partition coefficient (Wildman–Crippen LogP) is 3.81. The third kappa shape index (κ3) is 5.18. The van der Waals surface area contributed by atoms with E-state index in [0.717, 1.165) is 0 Å². The maximum absolute atomic E-state index is 12.3. The zero-order valence-corrected chi connectivity index (χ0v) is 16.3. The molecule has 0 aliphatic rings. The standard InChI is InChI=1S/C18H17Cl2NO6/c1-24-15-7-11(18(23)26-3)13(8-16(15)25-2)21-17(22)9-27-14-6-10(19)4-5-12(14)20/h4-8H,9H2,1-3H3,(H,21,22). The summed E-state index contributed by atoms with van der Waals surface area (Å²) in [7, 11) is 4.10. The van der Waals surface area contributed by atoms with E-state index in [1.165, 1.54) is 39.5 Å². The smallest absolute Gasteiger partial charge is 0.340 e. The number of hydrogen-bond donors (Lipinski definition) is 1. The van der Waals surface area contributed by atoms with Gasteiger partial charge in [-0.2, -0.15) is 0 Å². The van der Waals surface area contributed by atoms with Gasteiger partial charge in [0, 0.05) is 23.2 Å². The minimum Gasteiger partial charge on any atom is -0.493 e. The lowest BCUT2D eigenvalue weighted by Crippen LogP contribution is -2.22. The van der Waals surface area contributed by atoms with E-state index in [2.05, 4.69) is 5.32 Å². The van der Waals surface area contributed by atoms with Crippen molar-refractivity contribution in [3.05, 3.63) is 45.9 Å². The molecule has 0 aliphatic carbocycles. The van der Waals surface area contributed by atoms with Gasteiger partial charge in [0.2, 0.25) is 0 Å². The number of amides is 1. The summed E-state index contributed by atoms with van der Waals surface area (Å²) in [6.07, 6.45) is 0. The number of halogens is 2. The zero-order chi connectivity index (χ0) is 20.0. The van der Waals surface area contributed by atoms with Gasteiger partial charge in [-0.3, -0.25) is 4.79 Å². The van der Waals surface area contributed by atoms with E-state index < -0.39 is 11.9 Å². The molecule has 2 aromatic rings. The van der Waals surface area contributed by atoms with Gasteiger partial charge >= 0.3 is 5.97 Å². The van der Waals surface area contributed by atoms with Gasteiger partial charge in [-0.15, -0.1) is 0 Å². The van der Waals surface area contributed by atoms with E-state index in [1.807, 2.05) is 0 Å². The number of hydrogen-bond acceptors (Lipinski definition) is 6. The van der Waals surface area contributed by atoms with Crippen LogP contribution in [0.15, 0.2) is 30.3 Å². The van der Waals surface area contributed by atoms with Crippen LogP contribution in [0.3, 0.4) is 0 Å². The summed E-state index contributed by atoms with van der Waals surface area (Å²) in [5, 5.41) is 3.31. The first-order valence-corrected chi connectivity index (χ1v) is 8.37. The quantitative estimate of drug-likeness (QED) is 0.694. The van der Waals surface area contributed by atoms with Crippen LogP contribution in [0, 0.1) is 0 Å². The molecule has 27 heavy (non-hydrogen) atoms. The van der Waals surface area contributed by atoms with Crippen molar-refractivity contribution < 1.29 is 28.5 Å². The molecule has 144 valence electrons. The van der Waals surface area contributed by atoms with E-state index >= 15 is 0 Å². The highest BCUT2D eigenvalue weighted by atomic mass is 35.5. The number of rotatable bonds is 7. The molecule has 0 aliphatic heterocycles. The number of methoxy groups -OCH3 is 3. The van der Waals surface area contributed by atoms with Crippen molar-refractivity contribution in [3.8, 4) is 17.2 Å². The summed E-state index contributed by atoms with van der Waals surface area (Å²) in [6, 6.07) is 7.52. The molecule has 1 N–H and O–H groups in total. The molecule has 0 fully saturated rings. The van der Waals surface area contributed by atoms with E-state index in [4.69, 9.17) is 42.1 Å². The van der Waals surface area contributed by atoms with Gasteiger partial charge in [0.1, 0.15) is 5.75 Å². The molecule has 7 nitrogen and oxygen atoms in total. The zero-order valence-electron chi connectivity index (χ0n) is 14.8. The number of ether oxygens (including phenoxy) is 4. The van der Waals surface area contributed by atoms with Gasteiger partial charge in [-0.25, -0.2) is 4.79 Å². The molecule has 9 heteroatoms. The van der Waals surface area contributed by atoms with Crippen LogP contribution in [0.4, 0.5) is 5.69 Å². The first kappa shape index (κ1) is 20.7. The van der Waals surface area contributed by atoms with Crippen LogP contribution in [0.1, 0.15) is 10.4 Å². The lowest BCUT2D eigenvalue weighted by Gasteiger charge is -2.15. The fourth-order valence-corrected chi connectivity index (χ4v) is 2.51. The number of esters is 1. The Labute approximate surface area is 166 Å². The Kier molecular flexibility index (Phi) is 7.15. The molecule has 0 atom stereocenters. The van der Waals surface area contributed by atoms with Crippen molar-refractivity contribution in [3.63, 3.8) is 0 Å². The lowest BCUT2D eigenvalue weighted by molar-refractivity contribution is -0.118. The third-order valence-corrected chi connectivity index (χ3v) is 4.00. The van der Waals surface area contributed by atoms with E-state index in [9.17, 15) is 9.59 Å². The van der Waals surface area contributed by atoms with Crippen LogP contribution in [0.25, 0.3) is 0 Å². The first-order chi connectivity index (χ1) is 12.9. The van der Waals surface area contributed by atoms with Crippen LogP contribution in [0.5, 0.6) is 17.2 Å². The lowest BCUT2D eigenvalue weighted by atomic mass is 10.1. The first-order valence-electron chi connectivity index (χ1n) is 7.61. The molecule has 0 saturated carbocycles. The summed E-state index contributed by atoms with van der Waals surface area (Å²) in [5.41, 5.74) is 0.287. The second kappa shape index (κ2) is 9.34. The van der Waals surface area contributed by atoms with Crippen molar-refractivity contribution in [2.24, 2.45) is 0 Å². The van der Waals surface area contributed by atoms with Crippen molar-refractivity contribution >= 4 is 40.8 Å². The van der Waals surface area contributed by atoms with E-state index in [0.29, 0.717) is 21.5 Å². The molecule has 0 spiro atoms. The fraction of sp³-hybridized carbons (Fsp3) is 0.222. The summed E-state index contributed by atoms with van der Waals surface area (Å²) >= 11 is 11.9. The van der Waals surface area contributed by atoms with Gasteiger partial charge in [-0.1, -0.05) is 23.2 Å². The van der Waals surface area contributed by atoms with E-state index in [1.54, 1.807) is 12.1 Å². The monoisotopic (exact) mass is 413 g/mol. The van der Waals surface area contributed by atoms with Crippen LogP contribution in [0.2, 0.25) is 10.0 Å². The summed E-state index contributed by atoms with van der Waals surface area (Å²) in [4.78, 5) is 24.3. The highest BCUT2D eigenvalue weighted by Crippen LogP contribution is 2.34. The minimum atomic E-state index is -0.648. The molecule has 2 aromatic carbocycles. The molecular weight excluding hydrogens is 397 g/mol. The predicted molar refractivity (Wildman–Crippen MR) is 101 cm³/mol. The van der Waals surface area contributed by atoms with Crippen molar-refractivity contribution in [2.75, 3.05) is 33.3 Å². The molecule has 0 saturated heterocycles. The van der Waals surface area contributed by atoms with Crippen LogP contribution < -0.4 is 19.5 Å². The van der Waals surface area contributed by atoms with Gasteiger partial charge < -0.3 is 24.3 Å².